The molecule has 2 rings (SSSR count). The summed E-state index contributed by atoms with van der Waals surface area (Å²) in [5, 5.41) is 7.74. The Balaban J connectivity index is 2.38. The van der Waals surface area contributed by atoms with Gasteiger partial charge in [0.2, 0.25) is 5.28 Å². The number of nitrogens with zero attached hydrogens (tertiary/aromatic N) is 4. The summed E-state index contributed by atoms with van der Waals surface area (Å²) >= 11 is 5.83. The summed E-state index contributed by atoms with van der Waals surface area (Å²) < 4.78 is 5.02. The maximum absolute atomic E-state index is 5.83. The largest absolute Gasteiger partial charge is 0.383 e. The Morgan fingerprint density at radius 1 is 1.50 bits per heavy atom. The highest BCUT2D eigenvalue weighted by molar-refractivity contribution is 6.28. The normalized spacial score (nSPS) is 10.9. The van der Waals surface area contributed by atoms with Crippen molar-refractivity contribution in [3.8, 4) is 0 Å². The molecule has 0 bridgehead atoms. The summed E-state index contributed by atoms with van der Waals surface area (Å²) in [7, 11) is 3.58. The number of halogens is 1. The number of rotatable bonds is 4. The van der Waals surface area contributed by atoms with E-state index >= 15 is 0 Å². The van der Waals surface area contributed by atoms with Gasteiger partial charge in [0.05, 0.1) is 18.2 Å². The number of ether oxygens (including phenoxy) is 1. The zero-order valence-electron chi connectivity index (χ0n) is 9.07. The number of anilines is 1. The lowest BCUT2D eigenvalue weighted by Gasteiger charge is -2.17. The second-order valence-corrected chi connectivity index (χ2v) is 3.70. The van der Waals surface area contributed by atoms with Crippen molar-refractivity contribution in [3.05, 3.63) is 11.5 Å². The standard InChI is InChI=1S/C9H12ClN5O/c1-15(3-4-16-2)8-6-5-11-14-7(6)12-9(10)13-8/h5H,3-4H2,1-2H3,(H,11,12,13,14). The SMILES string of the molecule is COCCN(C)c1nc(Cl)nc2[nH]ncc12. The predicted octanol–water partition coefficient (Wildman–Crippen LogP) is 1.09. The molecule has 0 saturated heterocycles. The molecule has 1 N–H and O–H groups in total. The highest BCUT2D eigenvalue weighted by Gasteiger charge is 2.11. The maximum atomic E-state index is 5.83. The molecule has 0 aliphatic heterocycles. The van der Waals surface area contributed by atoms with Crippen LogP contribution in [0.3, 0.4) is 0 Å². The molecule has 0 atom stereocenters. The third-order valence-corrected chi connectivity index (χ3v) is 2.42. The molecule has 0 aliphatic carbocycles. The van der Waals surface area contributed by atoms with E-state index in [1.54, 1.807) is 13.3 Å². The Morgan fingerprint density at radius 3 is 3.06 bits per heavy atom. The predicted molar refractivity (Wildman–Crippen MR) is 61.8 cm³/mol. The molecule has 0 aliphatic rings. The molecule has 16 heavy (non-hydrogen) atoms. The molecule has 2 aromatic heterocycles. The van der Waals surface area contributed by atoms with E-state index in [9.17, 15) is 0 Å². The van der Waals surface area contributed by atoms with E-state index in [-0.39, 0.29) is 5.28 Å². The molecule has 0 fully saturated rings. The van der Waals surface area contributed by atoms with Gasteiger partial charge in [0.25, 0.3) is 0 Å². The number of hydrogen-bond donors (Lipinski definition) is 1. The first-order valence-corrected chi connectivity index (χ1v) is 5.17. The Morgan fingerprint density at radius 2 is 2.31 bits per heavy atom. The minimum absolute atomic E-state index is 0.205. The molecule has 2 aromatic rings. The number of likely N-dealkylation sites (N-methyl/N-ethyl adjacent to an activating group) is 1. The molecule has 0 radical (unpaired) electrons. The zero-order chi connectivity index (χ0) is 11.5. The van der Waals surface area contributed by atoms with Gasteiger partial charge in [-0.2, -0.15) is 15.1 Å². The fourth-order valence-corrected chi connectivity index (χ4v) is 1.58. The Kier molecular flexibility index (Phi) is 3.21. The molecule has 0 spiro atoms. The van der Waals surface area contributed by atoms with Gasteiger partial charge in [-0.15, -0.1) is 0 Å². The number of aromatic nitrogens is 4. The van der Waals surface area contributed by atoms with Crippen LogP contribution >= 0.6 is 11.6 Å². The van der Waals surface area contributed by atoms with E-state index in [1.807, 2.05) is 11.9 Å². The number of fused-ring (bicyclic) bond motifs is 1. The van der Waals surface area contributed by atoms with Crippen molar-refractivity contribution < 1.29 is 4.74 Å². The van der Waals surface area contributed by atoms with Crippen LogP contribution in [0.4, 0.5) is 5.82 Å². The number of nitrogens with one attached hydrogen (secondary N) is 1. The van der Waals surface area contributed by atoms with Crippen molar-refractivity contribution >= 4 is 28.5 Å². The molecule has 86 valence electrons. The van der Waals surface area contributed by atoms with Crippen molar-refractivity contribution in [3.63, 3.8) is 0 Å². The Hall–Kier alpha value is -1.40. The quantitative estimate of drug-likeness (QED) is 0.812. The summed E-state index contributed by atoms with van der Waals surface area (Å²) in [6.45, 7) is 1.35. The van der Waals surface area contributed by atoms with Gasteiger partial charge in [0, 0.05) is 20.7 Å². The summed E-state index contributed by atoms with van der Waals surface area (Å²) in [6.07, 6.45) is 1.68. The van der Waals surface area contributed by atoms with Crippen LogP contribution in [0.5, 0.6) is 0 Å². The minimum atomic E-state index is 0.205. The van der Waals surface area contributed by atoms with Crippen LogP contribution in [0.2, 0.25) is 5.28 Å². The van der Waals surface area contributed by atoms with Crippen LogP contribution in [0.25, 0.3) is 11.0 Å². The molecular formula is C9H12ClN5O. The molecule has 7 heteroatoms. The van der Waals surface area contributed by atoms with Gasteiger partial charge >= 0.3 is 0 Å². The fourth-order valence-electron chi connectivity index (χ4n) is 1.42. The maximum Gasteiger partial charge on any atom is 0.226 e. The number of methoxy groups -OCH3 is 1. The van der Waals surface area contributed by atoms with Crippen molar-refractivity contribution in [2.75, 3.05) is 32.2 Å². The van der Waals surface area contributed by atoms with Crippen LogP contribution in [0.15, 0.2) is 6.20 Å². The van der Waals surface area contributed by atoms with E-state index in [0.717, 1.165) is 17.7 Å². The zero-order valence-corrected chi connectivity index (χ0v) is 9.82. The number of hydrogen-bond acceptors (Lipinski definition) is 5. The third kappa shape index (κ3) is 2.07. The van der Waals surface area contributed by atoms with Gasteiger partial charge in [-0.1, -0.05) is 0 Å². The van der Waals surface area contributed by atoms with Gasteiger partial charge in [-0.25, -0.2) is 0 Å². The van der Waals surface area contributed by atoms with Crippen molar-refractivity contribution in [1.82, 2.24) is 20.2 Å². The average Bonchev–Trinajstić information content (AvgIpc) is 2.72. The molecule has 0 unspecified atom stereocenters. The average molecular weight is 242 g/mol. The topological polar surface area (TPSA) is 66.9 Å². The van der Waals surface area contributed by atoms with Crippen LogP contribution in [-0.4, -0.2) is 47.5 Å². The third-order valence-electron chi connectivity index (χ3n) is 2.25. The van der Waals surface area contributed by atoms with Crippen molar-refractivity contribution in [2.24, 2.45) is 0 Å². The smallest absolute Gasteiger partial charge is 0.226 e. The summed E-state index contributed by atoms with van der Waals surface area (Å²) in [4.78, 5) is 10.2. The molecule has 0 saturated carbocycles. The van der Waals surface area contributed by atoms with E-state index in [2.05, 4.69) is 20.2 Å². The number of H-pyrrole nitrogens is 1. The molecular weight excluding hydrogens is 230 g/mol. The van der Waals surface area contributed by atoms with E-state index in [4.69, 9.17) is 16.3 Å². The summed E-state index contributed by atoms with van der Waals surface area (Å²) in [5.41, 5.74) is 0.638. The number of aromatic amines is 1. The van der Waals surface area contributed by atoms with E-state index in [0.29, 0.717) is 12.3 Å². The Labute approximate surface area is 97.6 Å². The lowest BCUT2D eigenvalue weighted by atomic mass is 10.3. The minimum Gasteiger partial charge on any atom is -0.383 e. The van der Waals surface area contributed by atoms with E-state index in [1.165, 1.54) is 0 Å². The second-order valence-electron chi connectivity index (χ2n) is 3.36. The molecule has 6 nitrogen and oxygen atoms in total. The van der Waals surface area contributed by atoms with Gasteiger partial charge in [-0.05, 0) is 11.6 Å². The second kappa shape index (κ2) is 4.63. The Bertz CT molecular complexity index is 486. The van der Waals surface area contributed by atoms with Crippen molar-refractivity contribution in [1.29, 1.82) is 0 Å². The van der Waals surface area contributed by atoms with Crippen LogP contribution < -0.4 is 4.90 Å². The van der Waals surface area contributed by atoms with Gasteiger partial charge in [-0.3, -0.25) is 5.10 Å². The first-order chi connectivity index (χ1) is 7.72. The van der Waals surface area contributed by atoms with Crippen LogP contribution in [-0.2, 0) is 4.74 Å². The van der Waals surface area contributed by atoms with Gasteiger partial charge < -0.3 is 9.64 Å². The van der Waals surface area contributed by atoms with Crippen LogP contribution in [0, 0.1) is 0 Å². The van der Waals surface area contributed by atoms with Gasteiger partial charge in [0.15, 0.2) is 5.65 Å². The highest BCUT2D eigenvalue weighted by atomic mass is 35.5. The van der Waals surface area contributed by atoms with Crippen LogP contribution in [0.1, 0.15) is 0 Å². The summed E-state index contributed by atoms with van der Waals surface area (Å²) in [5.74, 6) is 0.751. The molecule has 0 amide bonds. The first-order valence-electron chi connectivity index (χ1n) is 4.79. The first kappa shape index (κ1) is 11.1. The highest BCUT2D eigenvalue weighted by Crippen LogP contribution is 2.22. The van der Waals surface area contributed by atoms with Crippen molar-refractivity contribution in [2.45, 2.75) is 0 Å². The molecule has 2 heterocycles. The lowest BCUT2D eigenvalue weighted by Crippen LogP contribution is -2.23. The summed E-state index contributed by atoms with van der Waals surface area (Å²) in [6, 6.07) is 0. The van der Waals surface area contributed by atoms with E-state index < -0.39 is 0 Å². The fraction of sp³-hybridized carbons (Fsp3) is 0.444. The lowest BCUT2D eigenvalue weighted by molar-refractivity contribution is 0.206. The molecule has 0 aromatic carbocycles. The monoisotopic (exact) mass is 241 g/mol. The van der Waals surface area contributed by atoms with Gasteiger partial charge in [0.1, 0.15) is 5.82 Å².